The fourth-order valence-electron chi connectivity index (χ4n) is 0.676. The molecule has 0 bridgehead atoms. The molecule has 0 aromatic carbocycles. The van der Waals surface area contributed by atoms with Crippen LogP contribution in [-0.2, 0) is 0 Å². The number of thiophene rings is 1. The van der Waals surface area contributed by atoms with Crippen molar-refractivity contribution in [2.45, 2.75) is 0 Å². The maximum Gasteiger partial charge on any atom is 0.265 e. The molecule has 0 aliphatic heterocycles. The second-order valence-corrected chi connectivity index (χ2v) is 4.38. The van der Waals surface area contributed by atoms with Crippen molar-refractivity contribution in [2.75, 3.05) is 12.8 Å². The third-order valence-electron chi connectivity index (χ3n) is 1.31. The molecule has 0 spiro atoms. The van der Waals surface area contributed by atoms with E-state index in [2.05, 4.69) is 21.2 Å². The van der Waals surface area contributed by atoms with E-state index in [9.17, 15) is 9.90 Å². The van der Waals surface area contributed by atoms with E-state index >= 15 is 0 Å². The number of carbonyl (C=O) groups is 1. The van der Waals surface area contributed by atoms with Crippen LogP contribution in [0.3, 0.4) is 0 Å². The molecule has 0 unspecified atom stereocenters. The zero-order valence-corrected chi connectivity index (χ0v) is 8.62. The van der Waals surface area contributed by atoms with E-state index in [0.717, 1.165) is 11.3 Å². The summed E-state index contributed by atoms with van der Waals surface area (Å²) in [5.41, 5.74) is 5.64. The minimum Gasteiger partial charge on any atom is -0.504 e. The first-order chi connectivity index (χ1) is 5.57. The first-order valence-corrected chi connectivity index (χ1v) is 4.67. The van der Waals surface area contributed by atoms with E-state index in [-0.39, 0.29) is 22.2 Å². The summed E-state index contributed by atoms with van der Waals surface area (Å²) in [4.78, 5) is 11.3. The number of hydrogen-bond donors (Lipinski definition) is 3. The Morgan fingerprint density at radius 3 is 2.67 bits per heavy atom. The van der Waals surface area contributed by atoms with Crippen molar-refractivity contribution >= 4 is 38.9 Å². The van der Waals surface area contributed by atoms with E-state index in [1.807, 2.05) is 0 Å². The fourth-order valence-corrected chi connectivity index (χ4v) is 2.14. The molecule has 0 fully saturated rings. The van der Waals surface area contributed by atoms with Gasteiger partial charge in [-0.3, -0.25) is 4.79 Å². The topological polar surface area (TPSA) is 75.4 Å². The molecule has 0 aliphatic rings. The minimum absolute atomic E-state index is 0.161. The van der Waals surface area contributed by atoms with Crippen LogP contribution in [0, 0.1) is 0 Å². The lowest BCUT2D eigenvalue weighted by Crippen LogP contribution is -2.16. The van der Waals surface area contributed by atoms with Crippen molar-refractivity contribution in [2.24, 2.45) is 0 Å². The summed E-state index contributed by atoms with van der Waals surface area (Å²) in [6.07, 6.45) is 0. The Morgan fingerprint density at radius 2 is 2.33 bits per heavy atom. The highest BCUT2D eigenvalue weighted by Crippen LogP contribution is 2.40. The summed E-state index contributed by atoms with van der Waals surface area (Å²) in [5, 5.41) is 11.7. The number of halogens is 1. The average Bonchev–Trinajstić information content (AvgIpc) is 2.32. The zero-order chi connectivity index (χ0) is 9.30. The number of hydrogen-bond acceptors (Lipinski definition) is 4. The molecule has 1 amide bonds. The van der Waals surface area contributed by atoms with Gasteiger partial charge in [0.25, 0.3) is 5.91 Å². The zero-order valence-electron chi connectivity index (χ0n) is 6.22. The number of nitrogens with two attached hydrogens (primary N) is 1. The van der Waals surface area contributed by atoms with Gasteiger partial charge in [0.2, 0.25) is 0 Å². The van der Waals surface area contributed by atoms with Crippen LogP contribution in [0.4, 0.5) is 5.69 Å². The van der Waals surface area contributed by atoms with Crippen LogP contribution < -0.4 is 11.1 Å². The van der Waals surface area contributed by atoms with Gasteiger partial charge in [-0.2, -0.15) is 0 Å². The number of nitrogen functional groups attached to an aromatic ring is 1. The van der Waals surface area contributed by atoms with Gasteiger partial charge in [-0.05, 0) is 15.9 Å². The third-order valence-corrected chi connectivity index (χ3v) is 3.20. The average molecular weight is 251 g/mol. The molecule has 1 aromatic rings. The Labute approximate surface area is 81.5 Å². The number of aromatic hydroxyl groups is 1. The Bertz CT molecular complexity index is 324. The Kier molecular flexibility index (Phi) is 2.58. The quantitative estimate of drug-likeness (QED) is 0.701. The first-order valence-electron chi connectivity index (χ1n) is 3.06. The van der Waals surface area contributed by atoms with Gasteiger partial charge in [-0.15, -0.1) is 11.3 Å². The second-order valence-electron chi connectivity index (χ2n) is 2.05. The van der Waals surface area contributed by atoms with Crippen LogP contribution in [0.1, 0.15) is 9.67 Å². The lowest BCUT2D eigenvalue weighted by atomic mass is 10.4. The predicted molar refractivity (Wildman–Crippen MR) is 51.5 cm³/mol. The molecule has 1 rings (SSSR count). The predicted octanol–water partition coefficient (Wildman–Crippen LogP) is 1.16. The van der Waals surface area contributed by atoms with Crippen molar-refractivity contribution in [1.82, 2.24) is 5.32 Å². The molecule has 1 aromatic heterocycles. The van der Waals surface area contributed by atoms with Crippen LogP contribution in [0.2, 0.25) is 0 Å². The van der Waals surface area contributed by atoms with E-state index in [4.69, 9.17) is 5.73 Å². The van der Waals surface area contributed by atoms with Gasteiger partial charge in [-0.1, -0.05) is 0 Å². The monoisotopic (exact) mass is 250 g/mol. The standard InChI is InChI=1S/C6H7BrN2O2S/c1-9-6(11)4-3(10)2(8)5(7)12-4/h10H,8H2,1H3,(H,9,11). The van der Waals surface area contributed by atoms with Gasteiger partial charge in [-0.25, -0.2) is 0 Å². The molecule has 0 saturated heterocycles. The smallest absolute Gasteiger partial charge is 0.265 e. The lowest BCUT2D eigenvalue weighted by Gasteiger charge is -1.95. The van der Waals surface area contributed by atoms with Gasteiger partial charge in [0.1, 0.15) is 10.6 Å². The number of rotatable bonds is 1. The molecule has 4 nitrogen and oxygen atoms in total. The number of amides is 1. The van der Waals surface area contributed by atoms with Gasteiger partial charge < -0.3 is 16.2 Å². The van der Waals surface area contributed by atoms with Crippen molar-refractivity contribution in [3.63, 3.8) is 0 Å². The molecule has 4 N–H and O–H groups in total. The molecule has 6 heteroatoms. The first kappa shape index (κ1) is 9.34. The third kappa shape index (κ3) is 1.39. The highest BCUT2D eigenvalue weighted by Gasteiger charge is 2.18. The number of anilines is 1. The van der Waals surface area contributed by atoms with Crippen molar-refractivity contribution in [1.29, 1.82) is 0 Å². The van der Waals surface area contributed by atoms with Gasteiger partial charge in [0.15, 0.2) is 5.75 Å². The van der Waals surface area contributed by atoms with Crippen molar-refractivity contribution in [3.8, 4) is 5.75 Å². The molecule has 0 atom stereocenters. The minimum atomic E-state index is -0.338. The molecule has 0 radical (unpaired) electrons. The molecule has 66 valence electrons. The van der Waals surface area contributed by atoms with Crippen LogP contribution in [0.15, 0.2) is 3.79 Å². The molecule has 0 aliphatic carbocycles. The SMILES string of the molecule is CNC(=O)c1sc(Br)c(N)c1O. The van der Waals surface area contributed by atoms with Gasteiger partial charge in [0.05, 0.1) is 3.79 Å². The van der Waals surface area contributed by atoms with E-state index in [1.54, 1.807) is 0 Å². The van der Waals surface area contributed by atoms with Gasteiger partial charge >= 0.3 is 0 Å². The highest BCUT2D eigenvalue weighted by atomic mass is 79.9. The second kappa shape index (κ2) is 3.32. The van der Waals surface area contributed by atoms with Crippen molar-refractivity contribution in [3.05, 3.63) is 8.66 Å². The summed E-state index contributed by atoms with van der Waals surface area (Å²) in [7, 11) is 1.49. The van der Waals surface area contributed by atoms with E-state index < -0.39 is 0 Å². The molecule has 1 heterocycles. The van der Waals surface area contributed by atoms with Crippen LogP contribution in [0.25, 0.3) is 0 Å². The molecule has 0 saturated carbocycles. The lowest BCUT2D eigenvalue weighted by molar-refractivity contribution is 0.0965. The fraction of sp³-hybridized carbons (Fsp3) is 0.167. The summed E-state index contributed by atoms with van der Waals surface area (Å²) < 4.78 is 0.568. The van der Waals surface area contributed by atoms with E-state index in [0.29, 0.717) is 3.79 Å². The van der Waals surface area contributed by atoms with Crippen LogP contribution >= 0.6 is 27.3 Å². The molecular weight excluding hydrogens is 244 g/mol. The normalized spacial score (nSPS) is 9.83. The van der Waals surface area contributed by atoms with Crippen LogP contribution in [0.5, 0.6) is 5.75 Å². The summed E-state index contributed by atoms with van der Waals surface area (Å²) in [6.45, 7) is 0. The highest BCUT2D eigenvalue weighted by molar-refractivity contribution is 9.11. The van der Waals surface area contributed by atoms with Gasteiger partial charge in [0, 0.05) is 7.05 Å². The Balaban J connectivity index is 3.17. The van der Waals surface area contributed by atoms with Crippen LogP contribution in [-0.4, -0.2) is 18.1 Å². The summed E-state index contributed by atoms with van der Waals surface area (Å²) >= 11 is 4.22. The maximum absolute atomic E-state index is 11.1. The summed E-state index contributed by atoms with van der Waals surface area (Å²) in [6, 6.07) is 0. The van der Waals surface area contributed by atoms with Crippen molar-refractivity contribution < 1.29 is 9.90 Å². The van der Waals surface area contributed by atoms with E-state index in [1.165, 1.54) is 7.05 Å². The Morgan fingerprint density at radius 1 is 1.75 bits per heavy atom. The Hall–Kier alpha value is -0.750. The maximum atomic E-state index is 11.1. The number of carbonyl (C=O) groups excluding carboxylic acids is 1. The summed E-state index contributed by atoms with van der Waals surface area (Å²) in [5.74, 6) is -0.499. The number of nitrogens with one attached hydrogen (secondary N) is 1. The largest absolute Gasteiger partial charge is 0.504 e. The molecular formula is C6H7BrN2O2S. The molecule has 12 heavy (non-hydrogen) atoms.